The Morgan fingerprint density at radius 1 is 1.28 bits per heavy atom. The average molecular weight is 406 g/mol. The van der Waals surface area contributed by atoms with E-state index < -0.39 is 40.6 Å². The number of allylic oxidation sites excluding steroid dienone is 1. The van der Waals surface area contributed by atoms with Crippen molar-refractivity contribution in [3.05, 3.63) is 62.5 Å². The normalized spacial score (nSPS) is 17.1. The van der Waals surface area contributed by atoms with E-state index in [2.05, 4.69) is 5.32 Å². The number of aliphatic hydroxyl groups is 2. The van der Waals surface area contributed by atoms with E-state index in [1.54, 1.807) is 0 Å². The number of dihydropyridines is 1. The zero-order valence-electron chi connectivity index (χ0n) is 16.1. The fraction of sp³-hybridized carbons (Fsp3) is 0.368. The number of carboxylic acid groups (broad SMARTS) is 1. The number of benzene rings is 1. The first-order valence-electron chi connectivity index (χ1n) is 8.65. The number of ether oxygens (including phenoxy) is 1. The second-order valence-electron chi connectivity index (χ2n) is 7.16. The van der Waals surface area contributed by atoms with E-state index in [-0.39, 0.29) is 34.8 Å². The highest BCUT2D eigenvalue weighted by Crippen LogP contribution is 2.42. The molecular formula is C19H22N2O8. The Kier molecular flexibility index (Phi) is 6.40. The Bertz CT molecular complexity index is 911. The Balaban J connectivity index is 2.70. The lowest BCUT2D eigenvalue weighted by Crippen LogP contribution is -2.35. The largest absolute Gasteiger partial charge is 0.478 e. The Hall–Kier alpha value is -3.24. The number of nitro benzene ring substituents is 1. The van der Waals surface area contributed by atoms with Crippen LogP contribution in [0.4, 0.5) is 5.69 Å². The Morgan fingerprint density at radius 3 is 2.41 bits per heavy atom. The van der Waals surface area contributed by atoms with Gasteiger partial charge in [0.05, 0.1) is 39.9 Å². The van der Waals surface area contributed by atoms with Crippen LogP contribution in [0, 0.1) is 10.1 Å². The zero-order valence-corrected chi connectivity index (χ0v) is 16.1. The summed E-state index contributed by atoms with van der Waals surface area (Å²) in [5.41, 5.74) is -2.20. The summed E-state index contributed by atoms with van der Waals surface area (Å²) >= 11 is 0. The number of aliphatic hydroxyl groups excluding tert-OH is 1. The van der Waals surface area contributed by atoms with Crippen molar-refractivity contribution in [3.63, 3.8) is 0 Å². The first-order valence-corrected chi connectivity index (χ1v) is 8.65. The molecule has 1 heterocycles. The number of rotatable bonds is 7. The Labute approximate surface area is 166 Å². The highest BCUT2D eigenvalue weighted by molar-refractivity contribution is 5.99. The predicted octanol–water partition coefficient (Wildman–Crippen LogP) is 1.20. The SMILES string of the molecule is CC1=C(C(=O)OCC(C)(C)O)C(c2ccccc2[N+](=O)[O-])C(C(=O)O)=C(CO)N1. The van der Waals surface area contributed by atoms with Crippen LogP contribution in [0.15, 0.2) is 46.8 Å². The number of carbonyl (C=O) groups excluding carboxylic acids is 1. The van der Waals surface area contributed by atoms with Crippen molar-refractivity contribution in [2.24, 2.45) is 0 Å². The molecule has 0 saturated carbocycles. The first-order chi connectivity index (χ1) is 13.5. The number of nitrogens with one attached hydrogen (secondary N) is 1. The van der Waals surface area contributed by atoms with E-state index in [4.69, 9.17) is 4.74 Å². The third-order valence-corrected chi connectivity index (χ3v) is 4.25. The van der Waals surface area contributed by atoms with Crippen LogP contribution in [0.2, 0.25) is 0 Å². The zero-order chi connectivity index (χ0) is 21.9. The highest BCUT2D eigenvalue weighted by atomic mass is 16.6. The van der Waals surface area contributed by atoms with Crippen LogP contribution in [0.25, 0.3) is 0 Å². The molecule has 0 aromatic heterocycles. The number of hydrogen-bond donors (Lipinski definition) is 4. The third-order valence-electron chi connectivity index (χ3n) is 4.25. The lowest BCUT2D eigenvalue weighted by atomic mass is 9.79. The van der Waals surface area contributed by atoms with Gasteiger partial charge in [0.1, 0.15) is 6.61 Å². The number of hydrogen-bond acceptors (Lipinski definition) is 8. The summed E-state index contributed by atoms with van der Waals surface area (Å²) in [6.45, 7) is 3.27. The molecule has 4 N–H and O–H groups in total. The molecule has 10 nitrogen and oxygen atoms in total. The van der Waals surface area contributed by atoms with Gasteiger partial charge in [0.15, 0.2) is 0 Å². The second kappa shape index (κ2) is 8.41. The molecule has 0 saturated heterocycles. The number of nitro groups is 1. The molecule has 29 heavy (non-hydrogen) atoms. The van der Waals surface area contributed by atoms with E-state index in [9.17, 15) is 35.0 Å². The van der Waals surface area contributed by atoms with Crippen LogP contribution in [-0.4, -0.2) is 51.0 Å². The van der Waals surface area contributed by atoms with Crippen molar-refractivity contribution in [1.82, 2.24) is 5.32 Å². The molecule has 0 fully saturated rings. The number of nitrogens with zero attached hydrogens (tertiary/aromatic N) is 1. The Morgan fingerprint density at radius 2 is 1.90 bits per heavy atom. The van der Waals surface area contributed by atoms with Crippen LogP contribution in [0.1, 0.15) is 32.3 Å². The smallest absolute Gasteiger partial charge is 0.336 e. The first kappa shape index (κ1) is 22.1. The molecule has 1 aliphatic heterocycles. The van der Waals surface area contributed by atoms with Crippen molar-refractivity contribution in [3.8, 4) is 0 Å². The summed E-state index contributed by atoms with van der Waals surface area (Å²) in [7, 11) is 0. The second-order valence-corrected chi connectivity index (χ2v) is 7.16. The van der Waals surface area contributed by atoms with Gasteiger partial charge in [0.2, 0.25) is 0 Å². The van der Waals surface area contributed by atoms with Crippen LogP contribution in [-0.2, 0) is 14.3 Å². The van der Waals surface area contributed by atoms with Crippen LogP contribution < -0.4 is 5.32 Å². The van der Waals surface area contributed by atoms with Crippen molar-refractivity contribution >= 4 is 17.6 Å². The molecule has 0 spiro atoms. The summed E-state index contributed by atoms with van der Waals surface area (Å²) in [6, 6.07) is 5.45. The quantitative estimate of drug-likeness (QED) is 0.296. The van der Waals surface area contributed by atoms with Crippen molar-refractivity contribution < 1.29 is 34.6 Å². The number of esters is 1. The number of para-hydroxylation sites is 1. The molecule has 1 aliphatic rings. The van der Waals surface area contributed by atoms with Gasteiger partial charge in [0, 0.05) is 17.3 Å². The van der Waals surface area contributed by atoms with Gasteiger partial charge in [-0.25, -0.2) is 9.59 Å². The lowest BCUT2D eigenvalue weighted by molar-refractivity contribution is -0.385. The summed E-state index contributed by atoms with van der Waals surface area (Å²) in [5.74, 6) is -3.74. The van der Waals surface area contributed by atoms with Crippen molar-refractivity contribution in [2.45, 2.75) is 32.3 Å². The standard InChI is InChI=1S/C19H22N2O8/c1-10-14(18(25)29-9-19(2,3)26)15(16(17(23)24)12(8-22)20-10)11-6-4-5-7-13(11)21(27)28/h4-7,15,20,22,26H,8-9H2,1-3H3,(H,23,24). The van der Waals surface area contributed by atoms with Gasteiger partial charge >= 0.3 is 11.9 Å². The molecule has 0 bridgehead atoms. The summed E-state index contributed by atoms with van der Waals surface area (Å²) in [4.78, 5) is 35.6. The monoisotopic (exact) mass is 406 g/mol. The van der Waals surface area contributed by atoms with Gasteiger partial charge in [-0.05, 0) is 20.8 Å². The maximum Gasteiger partial charge on any atom is 0.336 e. The topological polar surface area (TPSA) is 159 Å². The molecule has 1 unspecified atom stereocenters. The summed E-state index contributed by atoms with van der Waals surface area (Å²) < 4.78 is 5.13. The van der Waals surface area contributed by atoms with Gasteiger partial charge in [-0.3, -0.25) is 10.1 Å². The van der Waals surface area contributed by atoms with E-state index >= 15 is 0 Å². The molecule has 1 aromatic carbocycles. The van der Waals surface area contributed by atoms with E-state index in [0.29, 0.717) is 0 Å². The molecule has 1 atom stereocenters. The van der Waals surface area contributed by atoms with Crippen LogP contribution >= 0.6 is 0 Å². The van der Waals surface area contributed by atoms with Crippen molar-refractivity contribution in [1.29, 1.82) is 0 Å². The maximum atomic E-state index is 12.8. The maximum absolute atomic E-state index is 12.8. The van der Waals surface area contributed by atoms with E-state index in [1.165, 1.54) is 45.0 Å². The van der Waals surface area contributed by atoms with Gasteiger partial charge in [0.25, 0.3) is 5.69 Å². The molecule has 2 rings (SSSR count). The minimum atomic E-state index is -1.45. The van der Waals surface area contributed by atoms with Gasteiger partial charge in [-0.2, -0.15) is 0 Å². The minimum Gasteiger partial charge on any atom is -0.478 e. The summed E-state index contributed by atoms with van der Waals surface area (Å²) in [5, 5.41) is 43.4. The molecular weight excluding hydrogens is 384 g/mol. The molecule has 1 aromatic rings. The third kappa shape index (κ3) is 4.79. The number of carbonyl (C=O) groups is 2. The lowest BCUT2D eigenvalue weighted by Gasteiger charge is -2.30. The number of carboxylic acids is 1. The predicted molar refractivity (Wildman–Crippen MR) is 101 cm³/mol. The molecule has 0 radical (unpaired) electrons. The average Bonchev–Trinajstić information content (AvgIpc) is 2.64. The van der Waals surface area contributed by atoms with Gasteiger partial charge in [-0.1, -0.05) is 18.2 Å². The fourth-order valence-electron chi connectivity index (χ4n) is 3.07. The van der Waals surface area contributed by atoms with E-state index in [1.807, 2.05) is 0 Å². The molecule has 156 valence electrons. The highest BCUT2D eigenvalue weighted by Gasteiger charge is 2.41. The van der Waals surface area contributed by atoms with Gasteiger partial charge in [-0.15, -0.1) is 0 Å². The minimum absolute atomic E-state index is 0.0306. The fourth-order valence-corrected chi connectivity index (χ4v) is 3.07. The van der Waals surface area contributed by atoms with E-state index in [0.717, 1.165) is 0 Å². The van der Waals surface area contributed by atoms with Crippen LogP contribution in [0.3, 0.4) is 0 Å². The summed E-state index contributed by atoms with van der Waals surface area (Å²) in [6.07, 6.45) is 0. The van der Waals surface area contributed by atoms with Gasteiger partial charge < -0.3 is 25.4 Å². The molecule has 0 amide bonds. The van der Waals surface area contributed by atoms with Crippen molar-refractivity contribution in [2.75, 3.05) is 13.2 Å². The number of aliphatic carboxylic acids is 1. The van der Waals surface area contributed by atoms with Crippen LogP contribution in [0.5, 0.6) is 0 Å². The molecule has 0 aliphatic carbocycles. The molecule has 10 heteroatoms.